The van der Waals surface area contributed by atoms with Crippen molar-refractivity contribution in [3.8, 4) is 0 Å². The van der Waals surface area contributed by atoms with Gasteiger partial charge in [0.1, 0.15) is 5.15 Å². The van der Waals surface area contributed by atoms with E-state index in [1.54, 1.807) is 6.20 Å². The predicted octanol–water partition coefficient (Wildman–Crippen LogP) is -1.15. The Morgan fingerprint density at radius 2 is 1.77 bits per heavy atom. The second kappa shape index (κ2) is 9.31. The van der Waals surface area contributed by atoms with E-state index in [1.165, 1.54) is 0 Å². The molecule has 2 saturated heterocycles. The van der Waals surface area contributed by atoms with E-state index in [1.807, 2.05) is 6.07 Å². The van der Waals surface area contributed by atoms with Gasteiger partial charge < -0.3 is 36.1 Å². The van der Waals surface area contributed by atoms with E-state index in [-0.39, 0.29) is 5.48 Å². The van der Waals surface area contributed by atoms with Crippen LogP contribution in [-0.2, 0) is 9.59 Å². The topological polar surface area (TPSA) is 175 Å². The molecule has 0 bridgehead atoms. The molecule has 4 atom stereocenters. The van der Waals surface area contributed by atoms with Crippen molar-refractivity contribution < 1.29 is 35.5 Å². The van der Waals surface area contributed by atoms with Crippen LogP contribution in [0.15, 0.2) is 12.3 Å². The number of nitrogens with zero attached hydrogens (tertiary/aromatic N) is 2. The number of aliphatic hydroxyl groups is 2. The smallest absolute Gasteiger partial charge is 0.335 e. The van der Waals surface area contributed by atoms with E-state index in [2.05, 4.69) is 15.2 Å². The SMILES string of the molecule is Clc1cc(N2C[C@@H]3CN[C@@H]3C2)cnc1Cl.O.O=C(O)C(O)C(O)C(=O)O. The molecule has 0 spiro atoms. The Bertz CT molecular complexity index is 633. The van der Waals surface area contributed by atoms with Crippen LogP contribution in [-0.4, -0.2) is 80.7 Å². The molecule has 3 heterocycles. The molecule has 0 radical (unpaired) electrons. The Balaban J connectivity index is 0.000000274. The highest BCUT2D eigenvalue weighted by Crippen LogP contribution is 2.30. The first-order valence-electron chi connectivity index (χ1n) is 7.31. The average molecular weight is 412 g/mol. The number of anilines is 1. The number of hydrogen-bond donors (Lipinski definition) is 5. The minimum absolute atomic E-state index is 0. The number of hydrogen-bond acceptors (Lipinski definition) is 7. The lowest BCUT2D eigenvalue weighted by Gasteiger charge is -2.29. The lowest BCUT2D eigenvalue weighted by atomic mass is 9.96. The zero-order valence-corrected chi connectivity index (χ0v) is 14.9. The number of rotatable bonds is 4. The summed E-state index contributed by atoms with van der Waals surface area (Å²) in [6.07, 6.45) is -2.74. The predicted molar refractivity (Wildman–Crippen MR) is 92.6 cm³/mol. The molecular formula is C14H19Cl2N3O7. The van der Waals surface area contributed by atoms with Crippen LogP contribution < -0.4 is 10.2 Å². The molecule has 0 amide bonds. The summed E-state index contributed by atoms with van der Waals surface area (Å²) in [5, 5.41) is 36.8. The van der Waals surface area contributed by atoms with Gasteiger partial charge in [-0.15, -0.1) is 0 Å². The lowest BCUT2D eigenvalue weighted by Crippen LogP contribution is -2.51. The maximum Gasteiger partial charge on any atom is 0.335 e. The number of pyridine rings is 1. The molecule has 0 aromatic carbocycles. The molecule has 12 heteroatoms. The quantitative estimate of drug-likeness (QED) is 0.382. The van der Waals surface area contributed by atoms with Crippen molar-refractivity contribution in [2.45, 2.75) is 18.2 Å². The maximum atomic E-state index is 9.77. The van der Waals surface area contributed by atoms with Gasteiger partial charge in [-0.05, 0) is 6.07 Å². The average Bonchev–Trinajstić information content (AvgIpc) is 2.84. The minimum Gasteiger partial charge on any atom is -0.479 e. The maximum absolute atomic E-state index is 9.77. The second-order valence-corrected chi connectivity index (χ2v) is 6.48. The highest BCUT2D eigenvalue weighted by Gasteiger charge is 2.39. The Labute approximate surface area is 158 Å². The van der Waals surface area contributed by atoms with E-state index in [9.17, 15) is 9.59 Å². The van der Waals surface area contributed by atoms with Crippen molar-refractivity contribution in [1.82, 2.24) is 10.3 Å². The zero-order valence-electron chi connectivity index (χ0n) is 13.3. The van der Waals surface area contributed by atoms with Gasteiger partial charge in [-0.25, -0.2) is 14.6 Å². The van der Waals surface area contributed by atoms with E-state index >= 15 is 0 Å². The number of carboxylic acid groups (broad SMARTS) is 2. The number of halogens is 2. The molecular weight excluding hydrogens is 393 g/mol. The summed E-state index contributed by atoms with van der Waals surface area (Å²) in [5.41, 5.74) is 1.07. The highest BCUT2D eigenvalue weighted by atomic mass is 35.5. The van der Waals surface area contributed by atoms with Crippen molar-refractivity contribution in [2.24, 2.45) is 5.92 Å². The third-order valence-electron chi connectivity index (χ3n) is 4.04. The molecule has 2 unspecified atom stereocenters. The van der Waals surface area contributed by atoms with Gasteiger partial charge in [0.2, 0.25) is 0 Å². The first kappa shape index (κ1) is 22.4. The Morgan fingerprint density at radius 1 is 1.19 bits per heavy atom. The first-order chi connectivity index (χ1) is 11.7. The minimum atomic E-state index is -2.27. The van der Waals surface area contributed by atoms with Crippen LogP contribution in [0.4, 0.5) is 5.69 Å². The Morgan fingerprint density at radius 3 is 2.12 bits per heavy atom. The van der Waals surface area contributed by atoms with Crippen LogP contribution in [0.2, 0.25) is 10.2 Å². The number of aliphatic hydroxyl groups excluding tert-OH is 2. The van der Waals surface area contributed by atoms with Crippen LogP contribution in [0.25, 0.3) is 0 Å². The number of carboxylic acids is 2. The molecule has 7 N–H and O–H groups in total. The Kier molecular flexibility index (Phi) is 8.00. The molecule has 10 nitrogen and oxygen atoms in total. The van der Waals surface area contributed by atoms with Crippen molar-refractivity contribution in [2.75, 3.05) is 24.5 Å². The van der Waals surface area contributed by atoms with Gasteiger partial charge in [-0.1, -0.05) is 23.2 Å². The molecule has 0 saturated carbocycles. The van der Waals surface area contributed by atoms with Gasteiger partial charge in [-0.2, -0.15) is 0 Å². The summed E-state index contributed by atoms with van der Waals surface area (Å²) in [7, 11) is 0. The molecule has 2 aliphatic rings. The van der Waals surface area contributed by atoms with Gasteiger partial charge in [0, 0.05) is 31.6 Å². The Hall–Kier alpha value is -1.69. The normalized spacial score (nSPS) is 22.7. The van der Waals surface area contributed by atoms with Gasteiger partial charge >= 0.3 is 11.9 Å². The zero-order chi connectivity index (χ0) is 18.7. The van der Waals surface area contributed by atoms with Crippen molar-refractivity contribution in [3.05, 3.63) is 22.4 Å². The number of fused-ring (bicyclic) bond motifs is 1. The fourth-order valence-corrected chi connectivity index (χ4v) is 2.78. The van der Waals surface area contributed by atoms with Crippen LogP contribution in [0.5, 0.6) is 0 Å². The number of nitrogens with one attached hydrogen (secondary N) is 1. The summed E-state index contributed by atoms with van der Waals surface area (Å²) in [4.78, 5) is 25.9. The number of aliphatic carboxylic acids is 2. The van der Waals surface area contributed by atoms with Crippen molar-refractivity contribution in [1.29, 1.82) is 0 Å². The van der Waals surface area contributed by atoms with Crippen molar-refractivity contribution >= 4 is 40.8 Å². The summed E-state index contributed by atoms with van der Waals surface area (Å²) < 4.78 is 0. The fourth-order valence-electron chi connectivity index (χ4n) is 2.52. The molecule has 2 fully saturated rings. The third kappa shape index (κ3) is 5.16. The molecule has 146 valence electrons. The van der Waals surface area contributed by atoms with E-state index < -0.39 is 24.1 Å². The summed E-state index contributed by atoms with van der Waals surface area (Å²) >= 11 is 11.7. The van der Waals surface area contributed by atoms with Crippen molar-refractivity contribution in [3.63, 3.8) is 0 Å². The van der Waals surface area contributed by atoms with E-state index in [4.69, 9.17) is 43.6 Å². The molecule has 26 heavy (non-hydrogen) atoms. The monoisotopic (exact) mass is 411 g/mol. The van der Waals surface area contributed by atoms with Crippen LogP contribution in [0.3, 0.4) is 0 Å². The van der Waals surface area contributed by atoms with Gasteiger partial charge in [0.15, 0.2) is 12.2 Å². The summed E-state index contributed by atoms with van der Waals surface area (Å²) in [6.45, 7) is 3.28. The molecule has 1 aromatic heterocycles. The van der Waals surface area contributed by atoms with Crippen LogP contribution in [0.1, 0.15) is 0 Å². The number of aromatic nitrogens is 1. The fraction of sp³-hybridized carbons (Fsp3) is 0.500. The largest absolute Gasteiger partial charge is 0.479 e. The summed E-state index contributed by atoms with van der Waals surface area (Å²) in [6, 6.07) is 2.54. The molecule has 3 rings (SSSR count). The summed E-state index contributed by atoms with van der Waals surface area (Å²) in [5.74, 6) is -2.75. The molecule has 2 aliphatic heterocycles. The number of carbonyl (C=O) groups is 2. The standard InChI is InChI=1S/C10H11Cl2N3.C4H6O6.H2O/c11-8-1-7(3-14-10(8)12)15-4-6-2-13-9(6)5-15;5-1(3(7)8)2(6)4(9)10;/h1,3,6,9,13H,2,4-5H2;1-2,5-6H,(H,7,8)(H,9,10);1H2/t6-,9+;;/m0../s1. The van der Waals surface area contributed by atoms with Gasteiger partial charge in [0.25, 0.3) is 0 Å². The van der Waals surface area contributed by atoms with Crippen LogP contribution in [0, 0.1) is 5.92 Å². The van der Waals surface area contributed by atoms with E-state index in [0.717, 1.165) is 31.2 Å². The van der Waals surface area contributed by atoms with Gasteiger partial charge in [-0.3, -0.25) is 0 Å². The lowest BCUT2D eigenvalue weighted by molar-refractivity contribution is -0.165. The molecule has 1 aromatic rings. The molecule has 0 aliphatic carbocycles. The van der Waals surface area contributed by atoms with Crippen LogP contribution >= 0.6 is 23.2 Å². The first-order valence-corrected chi connectivity index (χ1v) is 8.07. The second-order valence-electron chi connectivity index (χ2n) is 5.71. The van der Waals surface area contributed by atoms with Gasteiger partial charge in [0.05, 0.1) is 16.9 Å². The third-order valence-corrected chi connectivity index (χ3v) is 4.72. The highest BCUT2D eigenvalue weighted by molar-refractivity contribution is 6.41. The van der Waals surface area contributed by atoms with E-state index in [0.29, 0.717) is 16.2 Å².